The second-order valence-electron chi connectivity index (χ2n) is 7.60. The van der Waals surface area contributed by atoms with Crippen molar-refractivity contribution in [2.24, 2.45) is 5.92 Å². The number of thiophene rings is 1. The summed E-state index contributed by atoms with van der Waals surface area (Å²) in [6.45, 7) is 2.67. The van der Waals surface area contributed by atoms with E-state index in [1.54, 1.807) is 6.92 Å². The molecule has 1 saturated heterocycles. The molecular formula is C20H21F3N2O4S. The summed E-state index contributed by atoms with van der Waals surface area (Å²) in [7, 11) is 0. The van der Waals surface area contributed by atoms with E-state index in [4.69, 9.17) is 9.47 Å². The van der Waals surface area contributed by atoms with Crippen molar-refractivity contribution in [3.63, 3.8) is 0 Å². The van der Waals surface area contributed by atoms with Crippen molar-refractivity contribution in [1.29, 1.82) is 0 Å². The normalized spacial score (nSPS) is 19.3. The van der Waals surface area contributed by atoms with E-state index in [2.05, 4.69) is 4.98 Å². The molecule has 30 heavy (non-hydrogen) atoms. The molecule has 0 bridgehead atoms. The van der Waals surface area contributed by atoms with Crippen molar-refractivity contribution in [2.45, 2.75) is 44.9 Å². The Morgan fingerprint density at radius 2 is 2.07 bits per heavy atom. The highest BCUT2D eigenvalue weighted by Crippen LogP contribution is 2.40. The van der Waals surface area contributed by atoms with Crippen LogP contribution in [0.15, 0.2) is 11.4 Å². The zero-order chi connectivity index (χ0) is 21.5. The summed E-state index contributed by atoms with van der Waals surface area (Å²) in [5.74, 6) is -0.0213. The lowest BCUT2D eigenvalue weighted by Gasteiger charge is -2.17. The van der Waals surface area contributed by atoms with E-state index in [1.165, 1.54) is 10.3 Å². The van der Waals surface area contributed by atoms with Gasteiger partial charge in [-0.3, -0.25) is 4.79 Å². The maximum Gasteiger partial charge on any atom is 0.418 e. The van der Waals surface area contributed by atoms with Crippen LogP contribution >= 0.6 is 11.3 Å². The van der Waals surface area contributed by atoms with E-state index in [0.29, 0.717) is 25.5 Å². The number of halogens is 3. The minimum Gasteiger partial charge on any atom is -0.472 e. The van der Waals surface area contributed by atoms with Crippen LogP contribution in [0, 0.1) is 5.92 Å². The Morgan fingerprint density at radius 1 is 1.30 bits per heavy atom. The molecule has 10 heteroatoms. The fourth-order valence-electron chi connectivity index (χ4n) is 3.37. The summed E-state index contributed by atoms with van der Waals surface area (Å²) in [4.78, 5) is 29.9. The van der Waals surface area contributed by atoms with Gasteiger partial charge in [0.15, 0.2) is 5.78 Å². The molecule has 2 aromatic rings. The van der Waals surface area contributed by atoms with E-state index in [9.17, 15) is 22.8 Å². The number of alkyl halides is 3. The molecule has 162 valence electrons. The van der Waals surface area contributed by atoms with E-state index >= 15 is 0 Å². The largest absolute Gasteiger partial charge is 0.472 e. The highest BCUT2D eigenvalue weighted by Gasteiger charge is 2.36. The Bertz CT molecular complexity index is 971. The molecule has 1 atom stereocenters. The SMILES string of the molecule is CCC(=O)c1csc2c(C(F)(F)F)cc(O[C@H]3CCN(C(=O)OCC4CC4)C3)nc12. The first-order chi connectivity index (χ1) is 14.3. The van der Waals surface area contributed by atoms with Gasteiger partial charge in [0.2, 0.25) is 5.88 Å². The van der Waals surface area contributed by atoms with Crippen LogP contribution in [-0.2, 0) is 10.9 Å². The standard InChI is InChI=1S/C20H21F3N2O4S/c1-2-15(26)13-10-30-18-14(20(21,22)23)7-16(24-17(13)18)29-12-5-6-25(8-12)19(27)28-9-11-3-4-11/h7,10-12H,2-6,8-9H2,1H3/t12-/m0/s1. The number of carbonyl (C=O) groups excluding carboxylic acids is 2. The smallest absolute Gasteiger partial charge is 0.418 e. The Labute approximate surface area is 175 Å². The van der Waals surface area contributed by atoms with Gasteiger partial charge in [0.05, 0.1) is 34.5 Å². The number of ketones is 1. The number of aromatic nitrogens is 1. The zero-order valence-corrected chi connectivity index (χ0v) is 17.1. The number of ether oxygens (including phenoxy) is 2. The second kappa shape index (κ2) is 8.05. The number of carbonyl (C=O) groups is 2. The quantitative estimate of drug-likeness (QED) is 0.595. The lowest BCUT2D eigenvalue weighted by atomic mass is 10.1. The van der Waals surface area contributed by atoms with Crippen molar-refractivity contribution < 1.29 is 32.2 Å². The third kappa shape index (κ3) is 4.38. The Balaban J connectivity index is 1.53. The first-order valence-corrected chi connectivity index (χ1v) is 10.7. The molecule has 0 spiro atoms. The molecule has 0 aromatic carbocycles. The summed E-state index contributed by atoms with van der Waals surface area (Å²) in [5, 5.41) is 1.41. The number of likely N-dealkylation sites (tertiary alicyclic amines) is 1. The summed E-state index contributed by atoms with van der Waals surface area (Å²) in [5.41, 5.74) is -0.693. The molecular weight excluding hydrogens is 421 g/mol. The van der Waals surface area contributed by atoms with Crippen LogP contribution in [0.1, 0.15) is 48.5 Å². The zero-order valence-electron chi connectivity index (χ0n) is 16.3. The minimum absolute atomic E-state index is 0.00960. The van der Waals surface area contributed by atoms with Gasteiger partial charge in [-0.25, -0.2) is 9.78 Å². The molecule has 1 amide bonds. The van der Waals surface area contributed by atoms with Gasteiger partial charge < -0.3 is 14.4 Å². The lowest BCUT2D eigenvalue weighted by molar-refractivity contribution is -0.136. The third-order valence-corrected chi connectivity index (χ3v) is 6.26. The van der Waals surface area contributed by atoms with Gasteiger partial charge in [-0.2, -0.15) is 13.2 Å². The van der Waals surface area contributed by atoms with Gasteiger partial charge in [0, 0.05) is 30.8 Å². The lowest BCUT2D eigenvalue weighted by Crippen LogP contribution is -2.32. The van der Waals surface area contributed by atoms with E-state index in [0.717, 1.165) is 30.2 Å². The van der Waals surface area contributed by atoms with E-state index in [-0.39, 0.29) is 40.4 Å². The highest BCUT2D eigenvalue weighted by molar-refractivity contribution is 7.17. The monoisotopic (exact) mass is 442 g/mol. The third-order valence-electron chi connectivity index (χ3n) is 5.26. The topological polar surface area (TPSA) is 68.7 Å². The minimum atomic E-state index is -4.61. The van der Waals surface area contributed by atoms with Gasteiger partial charge in [0.25, 0.3) is 0 Å². The summed E-state index contributed by atoms with van der Waals surface area (Å²) < 4.78 is 51.7. The predicted octanol–water partition coefficient (Wildman–Crippen LogP) is 4.91. The molecule has 0 unspecified atom stereocenters. The van der Waals surface area contributed by atoms with E-state index < -0.39 is 23.9 Å². The summed E-state index contributed by atoms with van der Waals surface area (Å²) >= 11 is 0.851. The second-order valence-corrected chi connectivity index (χ2v) is 8.48. The van der Waals surface area contributed by atoms with Crippen LogP contribution in [0.4, 0.5) is 18.0 Å². The average molecular weight is 442 g/mol. The van der Waals surface area contributed by atoms with Crippen LogP contribution in [-0.4, -0.2) is 47.6 Å². The number of nitrogens with zero attached hydrogens (tertiary/aromatic N) is 2. The highest BCUT2D eigenvalue weighted by atomic mass is 32.1. The predicted molar refractivity (Wildman–Crippen MR) is 104 cm³/mol. The van der Waals surface area contributed by atoms with Crippen LogP contribution in [0.2, 0.25) is 0 Å². The summed E-state index contributed by atoms with van der Waals surface area (Å²) in [6.07, 6.45) is -2.76. The number of pyridine rings is 1. The molecule has 4 rings (SSSR count). The number of rotatable bonds is 6. The van der Waals surface area contributed by atoms with Crippen LogP contribution in [0.25, 0.3) is 10.2 Å². The number of fused-ring (bicyclic) bond motifs is 1. The molecule has 1 saturated carbocycles. The summed E-state index contributed by atoms with van der Waals surface area (Å²) in [6, 6.07) is 0.868. The Morgan fingerprint density at radius 3 is 2.73 bits per heavy atom. The average Bonchev–Trinajstić information content (AvgIpc) is 3.25. The maximum atomic E-state index is 13.6. The van der Waals surface area contributed by atoms with Gasteiger partial charge in [0.1, 0.15) is 6.10 Å². The molecule has 0 radical (unpaired) electrons. The molecule has 0 N–H and O–H groups in total. The first-order valence-electron chi connectivity index (χ1n) is 9.87. The number of hydrogen-bond acceptors (Lipinski definition) is 6. The van der Waals surface area contributed by atoms with Crippen molar-refractivity contribution in [1.82, 2.24) is 9.88 Å². The van der Waals surface area contributed by atoms with Gasteiger partial charge >= 0.3 is 12.3 Å². The van der Waals surface area contributed by atoms with Crippen molar-refractivity contribution in [2.75, 3.05) is 19.7 Å². The van der Waals surface area contributed by atoms with Crippen LogP contribution < -0.4 is 4.74 Å². The number of amides is 1. The molecule has 2 aliphatic rings. The molecule has 1 aliphatic carbocycles. The van der Waals surface area contributed by atoms with Crippen LogP contribution in [0.5, 0.6) is 5.88 Å². The number of Topliss-reactive ketones (excluding diaryl/α,β-unsaturated/α-hetero) is 1. The molecule has 2 fully saturated rings. The molecule has 3 heterocycles. The molecule has 2 aromatic heterocycles. The van der Waals surface area contributed by atoms with Crippen molar-refractivity contribution in [3.8, 4) is 5.88 Å². The van der Waals surface area contributed by atoms with Gasteiger partial charge in [-0.05, 0) is 18.8 Å². The fourth-order valence-corrected chi connectivity index (χ4v) is 4.42. The Kier molecular flexibility index (Phi) is 5.61. The van der Waals surface area contributed by atoms with Crippen molar-refractivity contribution >= 4 is 33.4 Å². The van der Waals surface area contributed by atoms with Gasteiger partial charge in [-0.1, -0.05) is 6.92 Å². The number of hydrogen-bond donors (Lipinski definition) is 0. The maximum absolute atomic E-state index is 13.6. The Hall–Kier alpha value is -2.36. The van der Waals surface area contributed by atoms with Crippen molar-refractivity contribution in [3.05, 3.63) is 22.6 Å². The van der Waals surface area contributed by atoms with Crippen LogP contribution in [0.3, 0.4) is 0 Å². The molecule has 6 nitrogen and oxygen atoms in total. The van der Waals surface area contributed by atoms with E-state index in [1.807, 2.05) is 0 Å². The first kappa shape index (κ1) is 20.9. The molecule has 1 aliphatic heterocycles. The fraction of sp³-hybridized carbons (Fsp3) is 0.550. The van der Waals surface area contributed by atoms with Gasteiger partial charge in [-0.15, -0.1) is 11.3 Å².